The number of aryl methyl sites for hydroxylation is 1. The molecule has 0 spiro atoms. The Kier molecular flexibility index (Phi) is 16.7. The van der Waals surface area contributed by atoms with Crippen molar-refractivity contribution in [1.29, 1.82) is 0 Å². The highest BCUT2D eigenvalue weighted by Gasteiger charge is 2.30. The molecule has 0 aliphatic carbocycles. The number of benzene rings is 6. The molecule has 370 valence electrons. The number of Topliss-reactive ketones (excluding diaryl/α,β-unsaturated/α-hetero) is 2. The molecule has 73 heavy (non-hydrogen) atoms. The van der Waals surface area contributed by atoms with Crippen LogP contribution in [0.4, 0.5) is 17.1 Å². The van der Waals surface area contributed by atoms with Crippen LogP contribution in [0.15, 0.2) is 158 Å². The first-order chi connectivity index (χ1) is 34.7. The maximum absolute atomic E-state index is 14.1. The second kappa shape index (κ2) is 23.0. The number of carbonyl (C=O) groups excluding carboxylic acids is 9. The zero-order chi connectivity index (χ0) is 53.1. The third kappa shape index (κ3) is 13.1. The maximum Gasteiger partial charge on any atom is 0.339 e. The molecule has 6 aromatic rings. The van der Waals surface area contributed by atoms with E-state index in [0.717, 1.165) is 5.56 Å². The second-order valence-corrected chi connectivity index (χ2v) is 17.6. The zero-order valence-corrected chi connectivity index (χ0v) is 41.0. The van der Waals surface area contributed by atoms with Gasteiger partial charge in [0.15, 0.2) is 30.6 Å². The number of amides is 4. The fourth-order valence-corrected chi connectivity index (χ4v) is 7.15. The molecule has 0 fully saturated rings. The molecule has 0 saturated carbocycles. The van der Waals surface area contributed by atoms with Crippen LogP contribution >= 0.6 is 0 Å². The zero-order valence-electron chi connectivity index (χ0n) is 41.0. The minimum absolute atomic E-state index is 0.0364. The first kappa shape index (κ1) is 53.0. The molecule has 4 amide bonds. The van der Waals surface area contributed by atoms with Gasteiger partial charge in [0, 0.05) is 51.8 Å². The molecule has 0 saturated heterocycles. The van der Waals surface area contributed by atoms with Crippen molar-refractivity contribution >= 4 is 70.0 Å². The summed E-state index contributed by atoms with van der Waals surface area (Å²) in [6.07, 6.45) is 0. The normalized spacial score (nSPS) is 10.8. The van der Waals surface area contributed by atoms with Crippen LogP contribution in [-0.4, -0.2) is 73.2 Å². The van der Waals surface area contributed by atoms with Gasteiger partial charge in [-0.25, -0.2) is 9.59 Å². The van der Waals surface area contributed by atoms with Crippen LogP contribution < -0.4 is 21.3 Å². The van der Waals surface area contributed by atoms with Gasteiger partial charge in [0.25, 0.3) is 23.6 Å². The van der Waals surface area contributed by atoms with Crippen molar-refractivity contribution in [3.05, 3.63) is 219 Å². The fraction of sp³-hybridized carbons (Fsp3) is 0.155. The Morgan fingerprint density at radius 2 is 0.795 bits per heavy atom. The predicted molar refractivity (Wildman–Crippen MR) is 276 cm³/mol. The van der Waals surface area contributed by atoms with E-state index in [-0.39, 0.29) is 56.3 Å². The lowest BCUT2D eigenvalue weighted by molar-refractivity contribution is -0.119. The van der Waals surface area contributed by atoms with Gasteiger partial charge >= 0.3 is 11.9 Å². The Bertz CT molecular complexity index is 3210. The quantitative estimate of drug-likeness (QED) is 0.0340. The molecular formula is C58H52N4O11. The Balaban J connectivity index is 1.16. The van der Waals surface area contributed by atoms with E-state index < -0.39 is 59.9 Å². The first-order valence-electron chi connectivity index (χ1n) is 22.7. The minimum Gasteiger partial charge on any atom is -0.454 e. The van der Waals surface area contributed by atoms with Crippen LogP contribution in [0.2, 0.25) is 0 Å². The number of anilines is 3. The van der Waals surface area contributed by atoms with Gasteiger partial charge in [-0.15, -0.1) is 0 Å². The third-order valence-electron chi connectivity index (χ3n) is 11.8. The number of esters is 2. The van der Waals surface area contributed by atoms with Crippen LogP contribution in [0.25, 0.3) is 0 Å². The van der Waals surface area contributed by atoms with E-state index in [4.69, 9.17) is 9.47 Å². The standard InChI is InChI=1S/C58H52N4O11/c1-33(2)49(63)31-72-56(70)45-27-19-40(29-47(45)54(68)59-8)58(6,7)41-20-28-46(57(71)73-32-50(64)34(3)4)48(30-41)55(69)62-44-25-17-39(18-26-44)53(67)61-43-23-15-37(16-24-43)51(65)36-13-21-42(22-14-36)60-52(66)38-11-9-35(5)10-12-38/h9-30H,1,3,31-32H2,2,4-8H3,(H,59,68)(H,60,66)(H,61,67)(H,62,69). The predicted octanol–water partition coefficient (Wildman–Crippen LogP) is 9.27. The van der Waals surface area contributed by atoms with Gasteiger partial charge in [-0.3, -0.25) is 33.6 Å². The molecule has 6 aromatic carbocycles. The molecule has 0 aliphatic heterocycles. The van der Waals surface area contributed by atoms with Gasteiger partial charge in [-0.05, 0) is 152 Å². The summed E-state index contributed by atoms with van der Waals surface area (Å²) in [6, 6.07) is 34.9. The van der Waals surface area contributed by atoms with Crippen molar-refractivity contribution in [3.8, 4) is 0 Å². The summed E-state index contributed by atoms with van der Waals surface area (Å²) < 4.78 is 10.5. The SMILES string of the molecule is C=C(C)C(=O)COC(=O)c1ccc(C(C)(C)c2ccc(C(=O)OCC(=O)C(=C)C)c(C(=O)Nc3ccc(C(=O)Nc4ccc(C(=O)c5ccc(NC(=O)c6ccc(C)cc6)cc5)cc4)cc3)c2)cc1C(=O)NC. The summed E-state index contributed by atoms with van der Waals surface area (Å²) in [6.45, 7) is 14.4. The first-order valence-corrected chi connectivity index (χ1v) is 22.7. The van der Waals surface area contributed by atoms with Gasteiger partial charge in [-0.1, -0.05) is 56.8 Å². The minimum atomic E-state index is -0.990. The molecule has 0 atom stereocenters. The van der Waals surface area contributed by atoms with Crippen molar-refractivity contribution in [2.45, 2.75) is 40.0 Å². The molecule has 6 rings (SSSR count). The second-order valence-electron chi connectivity index (χ2n) is 17.6. The summed E-state index contributed by atoms with van der Waals surface area (Å²) in [5.41, 5.74) is 3.73. The number of hydrogen-bond donors (Lipinski definition) is 4. The number of nitrogens with one attached hydrogen (secondary N) is 4. The van der Waals surface area contributed by atoms with Crippen molar-refractivity contribution < 1.29 is 52.6 Å². The molecule has 0 heterocycles. The Morgan fingerprint density at radius 3 is 1.16 bits per heavy atom. The van der Waals surface area contributed by atoms with Crippen molar-refractivity contribution in [2.75, 3.05) is 36.2 Å². The van der Waals surface area contributed by atoms with E-state index >= 15 is 0 Å². The van der Waals surface area contributed by atoms with Crippen LogP contribution in [0, 0.1) is 6.92 Å². The highest BCUT2D eigenvalue weighted by Crippen LogP contribution is 2.35. The topological polar surface area (TPSA) is 220 Å². The van der Waals surface area contributed by atoms with Gasteiger partial charge in [0.2, 0.25) is 0 Å². The molecular weight excluding hydrogens is 929 g/mol. The van der Waals surface area contributed by atoms with Crippen LogP contribution in [0.5, 0.6) is 0 Å². The van der Waals surface area contributed by atoms with Crippen LogP contribution in [0.1, 0.15) is 122 Å². The number of ether oxygens (including phenoxy) is 2. The lowest BCUT2D eigenvalue weighted by Gasteiger charge is -2.28. The van der Waals surface area contributed by atoms with E-state index in [9.17, 15) is 43.2 Å². The average molecular weight is 981 g/mol. The van der Waals surface area contributed by atoms with E-state index in [1.54, 1.807) is 86.6 Å². The van der Waals surface area contributed by atoms with Gasteiger partial charge in [0.1, 0.15) is 0 Å². The Morgan fingerprint density at radius 1 is 0.452 bits per heavy atom. The van der Waals surface area contributed by atoms with Gasteiger partial charge < -0.3 is 30.7 Å². The molecule has 0 unspecified atom stereocenters. The summed E-state index contributed by atoms with van der Waals surface area (Å²) in [5.74, 6) is -5.22. The monoisotopic (exact) mass is 980 g/mol. The molecule has 15 nitrogen and oxygen atoms in total. The highest BCUT2D eigenvalue weighted by molar-refractivity contribution is 6.13. The highest BCUT2D eigenvalue weighted by atomic mass is 16.5. The van der Waals surface area contributed by atoms with E-state index in [2.05, 4.69) is 34.4 Å². The van der Waals surface area contributed by atoms with Gasteiger partial charge in [0.05, 0.1) is 22.3 Å². The molecule has 15 heteroatoms. The smallest absolute Gasteiger partial charge is 0.339 e. The summed E-state index contributed by atoms with van der Waals surface area (Å²) in [4.78, 5) is 117. The molecule has 0 radical (unpaired) electrons. The third-order valence-corrected chi connectivity index (χ3v) is 11.8. The van der Waals surface area contributed by atoms with E-state index in [0.29, 0.717) is 39.2 Å². The lowest BCUT2D eigenvalue weighted by Crippen LogP contribution is -2.26. The fourth-order valence-electron chi connectivity index (χ4n) is 7.15. The lowest BCUT2D eigenvalue weighted by atomic mass is 9.76. The summed E-state index contributed by atoms with van der Waals surface area (Å²) in [5, 5.41) is 10.9. The van der Waals surface area contributed by atoms with Crippen LogP contribution in [0.3, 0.4) is 0 Å². The number of rotatable bonds is 19. The Labute approximate surface area is 421 Å². The molecule has 0 aromatic heterocycles. The summed E-state index contributed by atoms with van der Waals surface area (Å²) >= 11 is 0. The number of ketones is 3. The largest absolute Gasteiger partial charge is 0.454 e. The number of carbonyl (C=O) groups is 9. The van der Waals surface area contributed by atoms with Crippen LogP contribution in [-0.2, 0) is 24.5 Å². The Hall–Kier alpha value is -9.37. The molecule has 4 N–H and O–H groups in total. The van der Waals surface area contributed by atoms with Crippen molar-refractivity contribution in [1.82, 2.24) is 5.32 Å². The van der Waals surface area contributed by atoms with Gasteiger partial charge in [-0.2, -0.15) is 0 Å². The summed E-state index contributed by atoms with van der Waals surface area (Å²) in [7, 11) is 1.39. The average Bonchev–Trinajstić information content (AvgIpc) is 3.39. The van der Waals surface area contributed by atoms with Crippen molar-refractivity contribution in [3.63, 3.8) is 0 Å². The van der Waals surface area contributed by atoms with E-state index in [1.165, 1.54) is 69.4 Å². The van der Waals surface area contributed by atoms with Crippen molar-refractivity contribution in [2.24, 2.45) is 0 Å². The molecule has 0 aliphatic rings. The van der Waals surface area contributed by atoms with E-state index in [1.807, 2.05) is 19.1 Å². The molecule has 0 bridgehead atoms. The maximum atomic E-state index is 14.1. The number of hydrogen-bond acceptors (Lipinski definition) is 11.